The lowest BCUT2D eigenvalue weighted by Crippen LogP contribution is -2.49. The van der Waals surface area contributed by atoms with Gasteiger partial charge in [-0.1, -0.05) is 13.8 Å². The van der Waals surface area contributed by atoms with Gasteiger partial charge in [0, 0.05) is 24.2 Å². The van der Waals surface area contributed by atoms with Crippen LogP contribution in [0.1, 0.15) is 42.6 Å². The zero-order valence-corrected chi connectivity index (χ0v) is 15.4. The molecule has 1 heterocycles. The molecule has 142 valence electrons. The molecule has 0 spiro atoms. The summed E-state index contributed by atoms with van der Waals surface area (Å²) in [4.78, 5) is 37.3. The molecule has 1 atom stereocenters. The summed E-state index contributed by atoms with van der Waals surface area (Å²) in [6.45, 7) is 6.76. The third-order valence-corrected chi connectivity index (χ3v) is 4.24. The topological polar surface area (TPSA) is 95.9 Å². The zero-order valence-electron chi connectivity index (χ0n) is 15.4. The Labute approximate surface area is 153 Å². The molecule has 0 saturated carbocycles. The van der Waals surface area contributed by atoms with Crippen LogP contribution in [0, 0.1) is 12.8 Å². The minimum atomic E-state index is -0.960. The molecule has 0 aliphatic carbocycles. The molecule has 7 heteroatoms. The standard InChI is InChI=1S/C19H26N2O5/c1-12(2)8-17(22)20-16-5-4-14(9-13(16)3)19(25)21-6-7-26-11-15(21)10-18(23)24/h4-5,9,12,15H,6-8,10-11H2,1-3H3,(H,20,22)(H,23,24). The van der Waals surface area contributed by atoms with Crippen LogP contribution in [0.2, 0.25) is 0 Å². The van der Waals surface area contributed by atoms with Gasteiger partial charge in [0.15, 0.2) is 0 Å². The first kappa shape index (κ1) is 19.9. The number of hydrogen-bond donors (Lipinski definition) is 2. The second kappa shape index (κ2) is 8.80. The Hall–Kier alpha value is -2.41. The maximum Gasteiger partial charge on any atom is 0.305 e. The molecule has 1 aliphatic heterocycles. The number of nitrogens with one attached hydrogen (secondary N) is 1. The highest BCUT2D eigenvalue weighted by molar-refractivity contribution is 5.97. The first-order chi connectivity index (χ1) is 12.3. The van der Waals surface area contributed by atoms with E-state index in [1.54, 1.807) is 23.1 Å². The third kappa shape index (κ3) is 5.29. The smallest absolute Gasteiger partial charge is 0.305 e. The number of carboxylic acids is 1. The van der Waals surface area contributed by atoms with E-state index < -0.39 is 12.0 Å². The molecule has 0 bridgehead atoms. The van der Waals surface area contributed by atoms with E-state index in [-0.39, 0.29) is 30.8 Å². The highest BCUT2D eigenvalue weighted by Gasteiger charge is 2.30. The Morgan fingerprint density at radius 2 is 2.08 bits per heavy atom. The summed E-state index contributed by atoms with van der Waals surface area (Å²) in [5.41, 5.74) is 1.94. The molecule has 1 aromatic carbocycles. The van der Waals surface area contributed by atoms with E-state index in [0.29, 0.717) is 30.8 Å². The molecular formula is C19H26N2O5. The van der Waals surface area contributed by atoms with Gasteiger partial charge in [-0.15, -0.1) is 0 Å². The fourth-order valence-corrected chi connectivity index (χ4v) is 2.97. The molecule has 26 heavy (non-hydrogen) atoms. The lowest BCUT2D eigenvalue weighted by molar-refractivity contribution is -0.139. The first-order valence-electron chi connectivity index (χ1n) is 8.79. The fourth-order valence-electron chi connectivity index (χ4n) is 2.97. The summed E-state index contributed by atoms with van der Waals surface area (Å²) >= 11 is 0. The van der Waals surface area contributed by atoms with E-state index in [4.69, 9.17) is 9.84 Å². The lowest BCUT2D eigenvalue weighted by Gasteiger charge is -2.35. The van der Waals surface area contributed by atoms with Gasteiger partial charge in [-0.3, -0.25) is 14.4 Å². The Kier molecular flexibility index (Phi) is 6.74. The summed E-state index contributed by atoms with van der Waals surface area (Å²) in [7, 11) is 0. The van der Waals surface area contributed by atoms with Gasteiger partial charge in [0.05, 0.1) is 25.7 Å². The van der Waals surface area contributed by atoms with Crippen molar-refractivity contribution in [1.29, 1.82) is 0 Å². The molecule has 1 fully saturated rings. The number of ether oxygens (including phenoxy) is 1. The van der Waals surface area contributed by atoms with Crippen molar-refractivity contribution in [3.63, 3.8) is 0 Å². The number of anilines is 1. The quantitative estimate of drug-likeness (QED) is 0.809. The van der Waals surface area contributed by atoms with Crippen LogP contribution in [0.5, 0.6) is 0 Å². The van der Waals surface area contributed by atoms with Crippen molar-refractivity contribution in [3.05, 3.63) is 29.3 Å². The van der Waals surface area contributed by atoms with Crippen LogP contribution in [-0.2, 0) is 14.3 Å². The molecule has 0 aromatic heterocycles. The molecule has 2 rings (SSSR count). The summed E-state index contributed by atoms with van der Waals surface area (Å²) < 4.78 is 5.31. The van der Waals surface area contributed by atoms with Crippen molar-refractivity contribution < 1.29 is 24.2 Å². The number of rotatable bonds is 6. The normalized spacial score (nSPS) is 17.2. The van der Waals surface area contributed by atoms with E-state index in [0.717, 1.165) is 5.56 Å². The largest absolute Gasteiger partial charge is 0.481 e. The van der Waals surface area contributed by atoms with Gasteiger partial charge in [-0.2, -0.15) is 0 Å². The van der Waals surface area contributed by atoms with E-state index in [1.807, 2.05) is 20.8 Å². The fraction of sp³-hybridized carbons (Fsp3) is 0.526. The minimum absolute atomic E-state index is 0.0584. The molecule has 0 radical (unpaired) electrons. The number of carboxylic acid groups (broad SMARTS) is 1. The van der Waals surface area contributed by atoms with Crippen molar-refractivity contribution in [2.45, 2.75) is 39.7 Å². The number of aryl methyl sites for hydroxylation is 1. The number of aliphatic carboxylic acids is 1. The number of nitrogens with zero attached hydrogens (tertiary/aromatic N) is 1. The highest BCUT2D eigenvalue weighted by atomic mass is 16.5. The molecule has 1 aromatic rings. The zero-order chi connectivity index (χ0) is 19.3. The van der Waals surface area contributed by atoms with Gasteiger partial charge in [0.2, 0.25) is 5.91 Å². The summed E-state index contributed by atoms with van der Waals surface area (Å²) in [6, 6.07) is 4.63. The minimum Gasteiger partial charge on any atom is -0.481 e. The second-order valence-electron chi connectivity index (χ2n) is 7.00. The van der Waals surface area contributed by atoms with Crippen molar-refractivity contribution in [2.24, 2.45) is 5.92 Å². The number of amides is 2. The van der Waals surface area contributed by atoms with Crippen LogP contribution < -0.4 is 5.32 Å². The maximum atomic E-state index is 12.8. The number of morpholine rings is 1. The molecule has 2 amide bonds. The van der Waals surface area contributed by atoms with E-state index >= 15 is 0 Å². The van der Waals surface area contributed by atoms with Crippen LogP contribution in [0.4, 0.5) is 5.69 Å². The van der Waals surface area contributed by atoms with Gasteiger partial charge in [-0.05, 0) is 36.6 Å². The number of benzene rings is 1. The maximum absolute atomic E-state index is 12.8. The van der Waals surface area contributed by atoms with Gasteiger partial charge in [0.25, 0.3) is 5.91 Å². The van der Waals surface area contributed by atoms with Crippen LogP contribution >= 0.6 is 0 Å². The second-order valence-corrected chi connectivity index (χ2v) is 7.00. The third-order valence-electron chi connectivity index (χ3n) is 4.24. The van der Waals surface area contributed by atoms with Crippen molar-refractivity contribution >= 4 is 23.5 Å². The average molecular weight is 362 g/mol. The van der Waals surface area contributed by atoms with E-state index in [2.05, 4.69) is 5.32 Å². The predicted molar refractivity (Wildman–Crippen MR) is 97.2 cm³/mol. The van der Waals surface area contributed by atoms with E-state index in [9.17, 15) is 14.4 Å². The Bertz CT molecular complexity index is 687. The SMILES string of the molecule is Cc1cc(C(=O)N2CCOCC2CC(=O)O)ccc1NC(=O)CC(C)C. The molecule has 1 saturated heterocycles. The van der Waals surface area contributed by atoms with Gasteiger partial charge >= 0.3 is 5.97 Å². The summed E-state index contributed by atoms with van der Waals surface area (Å²) in [6.07, 6.45) is 0.291. The molecule has 2 N–H and O–H groups in total. The Morgan fingerprint density at radius 1 is 1.35 bits per heavy atom. The molecular weight excluding hydrogens is 336 g/mol. The molecule has 7 nitrogen and oxygen atoms in total. The molecule has 1 aliphatic rings. The lowest BCUT2D eigenvalue weighted by atomic mass is 10.1. The van der Waals surface area contributed by atoms with Crippen LogP contribution in [-0.4, -0.2) is 53.6 Å². The Morgan fingerprint density at radius 3 is 2.69 bits per heavy atom. The Balaban J connectivity index is 2.12. The van der Waals surface area contributed by atoms with Crippen LogP contribution in [0.25, 0.3) is 0 Å². The first-order valence-corrected chi connectivity index (χ1v) is 8.79. The number of hydrogen-bond acceptors (Lipinski definition) is 4. The van der Waals surface area contributed by atoms with Crippen LogP contribution in [0.3, 0.4) is 0 Å². The van der Waals surface area contributed by atoms with Crippen molar-refractivity contribution in [1.82, 2.24) is 4.90 Å². The molecule has 1 unspecified atom stereocenters. The predicted octanol–water partition coefficient (Wildman–Crippen LogP) is 2.30. The van der Waals surface area contributed by atoms with Crippen LogP contribution in [0.15, 0.2) is 18.2 Å². The van der Waals surface area contributed by atoms with Crippen molar-refractivity contribution in [2.75, 3.05) is 25.1 Å². The van der Waals surface area contributed by atoms with Gasteiger partial charge < -0.3 is 20.1 Å². The number of carbonyl (C=O) groups is 3. The summed E-state index contributed by atoms with van der Waals surface area (Å²) in [5, 5.41) is 11.9. The number of carbonyl (C=O) groups excluding carboxylic acids is 2. The monoisotopic (exact) mass is 362 g/mol. The van der Waals surface area contributed by atoms with Crippen molar-refractivity contribution in [3.8, 4) is 0 Å². The van der Waals surface area contributed by atoms with E-state index in [1.165, 1.54) is 0 Å². The average Bonchev–Trinajstić information content (AvgIpc) is 2.55. The highest BCUT2D eigenvalue weighted by Crippen LogP contribution is 2.21. The van der Waals surface area contributed by atoms with Gasteiger partial charge in [-0.25, -0.2) is 0 Å². The summed E-state index contributed by atoms with van der Waals surface area (Å²) in [5.74, 6) is -0.971. The van der Waals surface area contributed by atoms with Gasteiger partial charge in [0.1, 0.15) is 0 Å².